The Labute approximate surface area is 125 Å². The van der Waals surface area contributed by atoms with E-state index in [1.807, 2.05) is 6.26 Å². The molecule has 0 saturated heterocycles. The summed E-state index contributed by atoms with van der Waals surface area (Å²) in [7, 11) is 0. The van der Waals surface area contributed by atoms with Gasteiger partial charge >= 0.3 is 0 Å². The number of anilines is 1. The third-order valence-electron chi connectivity index (χ3n) is 2.97. The molecule has 0 bridgehead atoms. The highest BCUT2D eigenvalue weighted by Gasteiger charge is 2.18. The predicted octanol–water partition coefficient (Wildman–Crippen LogP) is 3.35. The highest BCUT2D eigenvalue weighted by molar-refractivity contribution is 7.98. The standard InChI is InChI=1S/C14H17FN2OS2/c1-8(7-19-2)6-17-14(18)13-12(16)11-9(15)4-3-5-10(11)20-13/h3-5,8H,6-7,16H2,1-2H3,(H,17,18). The van der Waals surface area contributed by atoms with Crippen molar-refractivity contribution in [3.05, 3.63) is 28.9 Å². The summed E-state index contributed by atoms with van der Waals surface area (Å²) in [6, 6.07) is 4.75. The smallest absolute Gasteiger partial charge is 0.263 e. The molecular weight excluding hydrogens is 295 g/mol. The molecule has 0 radical (unpaired) electrons. The Morgan fingerprint density at radius 2 is 2.30 bits per heavy atom. The summed E-state index contributed by atoms with van der Waals surface area (Å²) in [6.45, 7) is 2.67. The number of benzene rings is 1. The lowest BCUT2D eigenvalue weighted by atomic mass is 10.2. The number of fused-ring (bicyclic) bond motifs is 1. The molecule has 1 atom stereocenters. The number of carbonyl (C=O) groups excluding carboxylic acids is 1. The second-order valence-corrected chi connectivity index (χ2v) is 6.69. The van der Waals surface area contributed by atoms with Crippen LogP contribution in [0.25, 0.3) is 10.1 Å². The first-order valence-electron chi connectivity index (χ1n) is 6.28. The largest absolute Gasteiger partial charge is 0.397 e. The van der Waals surface area contributed by atoms with Crippen LogP contribution in [0, 0.1) is 11.7 Å². The molecule has 1 aromatic carbocycles. The summed E-state index contributed by atoms with van der Waals surface area (Å²) in [6.07, 6.45) is 2.03. The molecule has 108 valence electrons. The molecule has 20 heavy (non-hydrogen) atoms. The van der Waals surface area contributed by atoms with E-state index in [1.165, 1.54) is 17.4 Å². The van der Waals surface area contributed by atoms with E-state index in [9.17, 15) is 9.18 Å². The lowest BCUT2D eigenvalue weighted by molar-refractivity contribution is 0.0954. The van der Waals surface area contributed by atoms with Gasteiger partial charge in [0.1, 0.15) is 10.7 Å². The number of nitrogens with one attached hydrogen (secondary N) is 1. The number of halogens is 1. The average molecular weight is 312 g/mol. The van der Waals surface area contributed by atoms with Crippen LogP contribution in [0.1, 0.15) is 16.6 Å². The van der Waals surface area contributed by atoms with Crippen molar-refractivity contribution in [2.24, 2.45) is 5.92 Å². The number of nitrogen functional groups attached to an aromatic ring is 1. The fourth-order valence-corrected chi connectivity index (χ4v) is 3.73. The van der Waals surface area contributed by atoms with Crippen molar-refractivity contribution in [3.63, 3.8) is 0 Å². The van der Waals surface area contributed by atoms with Crippen LogP contribution >= 0.6 is 23.1 Å². The monoisotopic (exact) mass is 312 g/mol. The molecule has 0 aliphatic rings. The Morgan fingerprint density at radius 3 is 2.95 bits per heavy atom. The van der Waals surface area contributed by atoms with E-state index in [2.05, 4.69) is 12.2 Å². The summed E-state index contributed by atoms with van der Waals surface area (Å²) < 4.78 is 14.4. The molecule has 3 nitrogen and oxygen atoms in total. The van der Waals surface area contributed by atoms with Crippen molar-refractivity contribution in [3.8, 4) is 0 Å². The molecule has 1 amide bonds. The fraction of sp³-hybridized carbons (Fsp3) is 0.357. The number of rotatable bonds is 5. The summed E-state index contributed by atoms with van der Waals surface area (Å²) in [4.78, 5) is 12.5. The fourth-order valence-electron chi connectivity index (χ4n) is 1.99. The highest BCUT2D eigenvalue weighted by Crippen LogP contribution is 2.35. The van der Waals surface area contributed by atoms with Gasteiger partial charge in [-0.15, -0.1) is 11.3 Å². The van der Waals surface area contributed by atoms with E-state index in [-0.39, 0.29) is 17.4 Å². The third-order valence-corrected chi connectivity index (χ3v) is 5.04. The summed E-state index contributed by atoms with van der Waals surface area (Å²) >= 11 is 2.97. The van der Waals surface area contributed by atoms with E-state index in [1.54, 1.807) is 23.9 Å². The molecule has 0 fully saturated rings. The Kier molecular flexibility index (Phi) is 4.88. The maximum Gasteiger partial charge on any atom is 0.263 e. The topological polar surface area (TPSA) is 55.1 Å². The van der Waals surface area contributed by atoms with E-state index < -0.39 is 0 Å². The molecule has 2 aromatic rings. The van der Waals surface area contributed by atoms with E-state index in [0.29, 0.717) is 27.4 Å². The third kappa shape index (κ3) is 3.07. The summed E-state index contributed by atoms with van der Waals surface area (Å²) in [5, 5.41) is 3.21. The number of hydrogen-bond acceptors (Lipinski definition) is 4. The van der Waals surface area contributed by atoms with Gasteiger partial charge in [-0.2, -0.15) is 11.8 Å². The number of amides is 1. The zero-order chi connectivity index (χ0) is 14.7. The molecule has 1 heterocycles. The van der Waals surface area contributed by atoms with Gasteiger partial charge < -0.3 is 11.1 Å². The van der Waals surface area contributed by atoms with Crippen molar-refractivity contribution < 1.29 is 9.18 Å². The summed E-state index contributed by atoms with van der Waals surface area (Å²) in [5.41, 5.74) is 6.15. The van der Waals surface area contributed by atoms with Crippen LogP contribution in [0.15, 0.2) is 18.2 Å². The van der Waals surface area contributed by atoms with Crippen LogP contribution in [0.2, 0.25) is 0 Å². The van der Waals surface area contributed by atoms with Crippen LogP contribution in [0.5, 0.6) is 0 Å². The molecule has 3 N–H and O–H groups in total. The van der Waals surface area contributed by atoms with E-state index in [0.717, 1.165) is 5.75 Å². The lowest BCUT2D eigenvalue weighted by Gasteiger charge is -2.10. The van der Waals surface area contributed by atoms with Crippen LogP contribution in [-0.4, -0.2) is 24.5 Å². The van der Waals surface area contributed by atoms with Gasteiger partial charge in [0.15, 0.2) is 0 Å². The molecular formula is C14H17FN2OS2. The highest BCUT2D eigenvalue weighted by atomic mass is 32.2. The number of hydrogen-bond donors (Lipinski definition) is 2. The Hall–Kier alpha value is -1.27. The minimum Gasteiger partial charge on any atom is -0.397 e. The summed E-state index contributed by atoms with van der Waals surface area (Å²) in [5.74, 6) is 0.764. The van der Waals surface area contributed by atoms with Gasteiger partial charge in [0.2, 0.25) is 0 Å². The SMILES string of the molecule is CSCC(C)CNC(=O)c1sc2cccc(F)c2c1N. The van der Waals surface area contributed by atoms with Crippen molar-refractivity contribution in [1.29, 1.82) is 0 Å². The van der Waals surface area contributed by atoms with Gasteiger partial charge in [-0.25, -0.2) is 4.39 Å². The van der Waals surface area contributed by atoms with Gasteiger partial charge in [0.05, 0.1) is 11.1 Å². The molecule has 2 rings (SSSR count). The zero-order valence-corrected chi connectivity index (χ0v) is 13.0. The van der Waals surface area contributed by atoms with Gasteiger partial charge in [0.25, 0.3) is 5.91 Å². The molecule has 1 unspecified atom stereocenters. The normalized spacial score (nSPS) is 12.6. The van der Waals surface area contributed by atoms with E-state index in [4.69, 9.17) is 5.73 Å². The lowest BCUT2D eigenvalue weighted by Crippen LogP contribution is -2.29. The first-order valence-corrected chi connectivity index (χ1v) is 8.49. The molecule has 0 aliphatic heterocycles. The van der Waals surface area contributed by atoms with Crippen LogP contribution in [-0.2, 0) is 0 Å². The Morgan fingerprint density at radius 1 is 1.55 bits per heavy atom. The first-order chi connectivity index (χ1) is 9.54. The molecule has 0 aliphatic carbocycles. The van der Waals surface area contributed by atoms with Gasteiger partial charge in [-0.1, -0.05) is 13.0 Å². The van der Waals surface area contributed by atoms with Crippen molar-refractivity contribution in [2.45, 2.75) is 6.92 Å². The first kappa shape index (κ1) is 15.1. The van der Waals surface area contributed by atoms with Crippen LogP contribution in [0.4, 0.5) is 10.1 Å². The number of thiophene rings is 1. The van der Waals surface area contributed by atoms with Crippen molar-refractivity contribution in [2.75, 3.05) is 24.3 Å². The van der Waals surface area contributed by atoms with Gasteiger partial charge in [0, 0.05) is 11.2 Å². The predicted molar refractivity (Wildman–Crippen MR) is 86.1 cm³/mol. The number of nitrogens with two attached hydrogens (primary N) is 1. The van der Waals surface area contributed by atoms with Crippen LogP contribution < -0.4 is 11.1 Å². The molecule has 1 aromatic heterocycles. The number of carbonyl (C=O) groups is 1. The quantitative estimate of drug-likeness (QED) is 0.890. The molecule has 0 saturated carbocycles. The Balaban J connectivity index is 2.19. The molecule has 6 heteroatoms. The van der Waals surface area contributed by atoms with Gasteiger partial charge in [-0.05, 0) is 30.1 Å². The second-order valence-electron chi connectivity index (χ2n) is 4.73. The van der Waals surface area contributed by atoms with Crippen LogP contribution in [0.3, 0.4) is 0 Å². The average Bonchev–Trinajstić information content (AvgIpc) is 2.75. The minimum absolute atomic E-state index is 0.226. The van der Waals surface area contributed by atoms with E-state index >= 15 is 0 Å². The van der Waals surface area contributed by atoms with Crippen molar-refractivity contribution >= 4 is 44.8 Å². The maximum absolute atomic E-state index is 13.7. The maximum atomic E-state index is 13.7. The Bertz CT molecular complexity index is 627. The second kappa shape index (κ2) is 6.45. The molecule has 0 spiro atoms. The van der Waals surface area contributed by atoms with Crippen molar-refractivity contribution in [1.82, 2.24) is 5.32 Å². The minimum atomic E-state index is -0.383. The zero-order valence-electron chi connectivity index (χ0n) is 11.4. The number of thioether (sulfide) groups is 1. The van der Waals surface area contributed by atoms with Gasteiger partial charge in [-0.3, -0.25) is 4.79 Å².